The van der Waals surface area contributed by atoms with Gasteiger partial charge in [-0.2, -0.15) is 13.6 Å². The van der Waals surface area contributed by atoms with Crippen LogP contribution < -0.4 is 9.32 Å². The molecule has 0 spiro atoms. The van der Waals surface area contributed by atoms with E-state index >= 15 is 0 Å². The minimum atomic E-state index is -4.10. The summed E-state index contributed by atoms with van der Waals surface area (Å²) in [6.07, 6.45) is 0.735. The maximum Gasteiger partial charge on any atom is 0.380 e. The van der Waals surface area contributed by atoms with Crippen molar-refractivity contribution in [3.8, 4) is 5.75 Å². The number of rotatable bonds is 5. The van der Waals surface area contributed by atoms with Gasteiger partial charge in [-0.25, -0.2) is 0 Å². The Balaban J connectivity index is 3.58. The average molecular weight is 285 g/mol. The van der Waals surface area contributed by atoms with Crippen LogP contribution in [0.1, 0.15) is 61.0 Å². The Morgan fingerprint density at radius 3 is 1.79 bits per heavy atom. The predicted molar refractivity (Wildman–Crippen MR) is 73.7 cm³/mol. The number of benzene rings is 1. The van der Waals surface area contributed by atoms with Crippen molar-refractivity contribution in [2.45, 2.75) is 39.5 Å². The molecule has 2 N–H and O–H groups in total. The topological polar surface area (TPSA) is 86.5 Å². The molecule has 0 saturated carbocycles. The predicted octanol–water partition coefficient (Wildman–Crippen LogP) is 2.33. The maximum atomic E-state index is 11.2. The molecule has 106 valence electrons. The lowest BCUT2D eigenvalue weighted by Crippen LogP contribution is -2.21. The summed E-state index contributed by atoms with van der Waals surface area (Å²) in [5, 5.41) is 4.96. The molecule has 0 aromatic heterocycles. The van der Waals surface area contributed by atoms with Crippen LogP contribution in [0.25, 0.3) is 0 Å². The zero-order valence-corrected chi connectivity index (χ0v) is 12.3. The minimum absolute atomic E-state index is 0.00847. The van der Waals surface area contributed by atoms with Crippen molar-refractivity contribution < 1.29 is 17.4 Å². The van der Waals surface area contributed by atoms with Crippen LogP contribution in [0.4, 0.5) is 0 Å². The molecule has 1 aromatic rings. The highest BCUT2D eigenvalue weighted by Crippen LogP contribution is 2.36. The highest BCUT2D eigenvalue weighted by Gasteiger charge is 2.20. The fraction of sp³-hybridized carbons (Fsp3) is 0.462. The van der Waals surface area contributed by atoms with E-state index in [4.69, 9.17) is 9.32 Å². The summed E-state index contributed by atoms with van der Waals surface area (Å²) in [5.41, 5.74) is 1.80. The Kier molecular flexibility index (Phi) is 4.70. The first-order valence-electron chi connectivity index (χ1n) is 6.01. The Morgan fingerprint density at radius 1 is 1.11 bits per heavy atom. The van der Waals surface area contributed by atoms with E-state index in [0.29, 0.717) is 16.7 Å². The van der Waals surface area contributed by atoms with Crippen molar-refractivity contribution >= 4 is 16.6 Å². The Hall–Kier alpha value is -1.40. The van der Waals surface area contributed by atoms with Crippen LogP contribution in [-0.4, -0.2) is 14.7 Å². The standard InChI is InChI=1S/C13H19NO4S/c1-8(2)11-5-10(7-15)6-12(9(3)4)13(11)18-19(14,16)17/h5-9H,1-4H3,(H2,14,16,17). The van der Waals surface area contributed by atoms with E-state index < -0.39 is 10.3 Å². The van der Waals surface area contributed by atoms with Gasteiger partial charge in [0.15, 0.2) is 5.75 Å². The molecule has 6 heteroatoms. The molecule has 0 aliphatic carbocycles. The lowest BCUT2D eigenvalue weighted by molar-refractivity contribution is 0.112. The lowest BCUT2D eigenvalue weighted by atomic mass is 9.92. The van der Waals surface area contributed by atoms with Crippen LogP contribution in [0.15, 0.2) is 12.1 Å². The van der Waals surface area contributed by atoms with E-state index in [0.717, 1.165) is 6.29 Å². The molecule has 0 aliphatic rings. The number of carbonyl (C=O) groups is 1. The fourth-order valence-corrected chi connectivity index (χ4v) is 2.26. The first-order chi connectivity index (χ1) is 8.65. The molecular formula is C13H19NO4S. The largest absolute Gasteiger partial charge is 0.380 e. The van der Waals surface area contributed by atoms with E-state index in [-0.39, 0.29) is 17.6 Å². The van der Waals surface area contributed by atoms with E-state index in [1.54, 1.807) is 12.1 Å². The van der Waals surface area contributed by atoms with Crippen LogP contribution in [0.3, 0.4) is 0 Å². The molecule has 5 nitrogen and oxygen atoms in total. The second-order valence-electron chi connectivity index (χ2n) is 5.03. The molecule has 0 bridgehead atoms. The SMILES string of the molecule is CC(C)c1cc(C=O)cc(C(C)C)c1OS(N)(=O)=O. The fourth-order valence-electron chi connectivity index (χ4n) is 1.84. The summed E-state index contributed by atoms with van der Waals surface area (Å²) in [6, 6.07) is 3.26. The zero-order chi connectivity index (χ0) is 14.8. The second-order valence-corrected chi connectivity index (χ2v) is 6.18. The molecule has 19 heavy (non-hydrogen) atoms. The smallest absolute Gasteiger partial charge is 0.370 e. The van der Waals surface area contributed by atoms with E-state index in [9.17, 15) is 13.2 Å². The molecule has 0 unspecified atom stereocenters. The van der Waals surface area contributed by atoms with Gasteiger partial charge in [-0.1, -0.05) is 27.7 Å². The highest BCUT2D eigenvalue weighted by molar-refractivity contribution is 7.84. The van der Waals surface area contributed by atoms with Gasteiger partial charge in [0.25, 0.3) is 0 Å². The van der Waals surface area contributed by atoms with Crippen molar-refractivity contribution in [2.24, 2.45) is 5.14 Å². The number of nitrogens with two attached hydrogens (primary N) is 1. The first-order valence-corrected chi connectivity index (χ1v) is 7.48. The monoisotopic (exact) mass is 285 g/mol. The number of carbonyl (C=O) groups excluding carboxylic acids is 1. The van der Waals surface area contributed by atoms with E-state index in [2.05, 4.69) is 0 Å². The van der Waals surface area contributed by atoms with E-state index in [1.807, 2.05) is 27.7 Å². The van der Waals surface area contributed by atoms with Gasteiger partial charge in [-0.15, -0.1) is 0 Å². The molecule has 0 fully saturated rings. The van der Waals surface area contributed by atoms with Gasteiger partial charge in [-0.3, -0.25) is 4.79 Å². The third-order valence-electron chi connectivity index (χ3n) is 2.75. The van der Waals surface area contributed by atoms with Gasteiger partial charge >= 0.3 is 10.3 Å². The van der Waals surface area contributed by atoms with Crippen LogP contribution in [0, 0.1) is 0 Å². The van der Waals surface area contributed by atoms with Crippen LogP contribution in [-0.2, 0) is 10.3 Å². The third kappa shape index (κ3) is 4.04. The van der Waals surface area contributed by atoms with Gasteiger partial charge in [0.05, 0.1) is 0 Å². The molecule has 0 atom stereocenters. The molecule has 0 aliphatic heterocycles. The molecule has 0 saturated heterocycles. The molecule has 0 radical (unpaired) electrons. The van der Waals surface area contributed by atoms with Gasteiger partial charge in [0, 0.05) is 5.56 Å². The molecule has 1 aromatic carbocycles. The summed E-state index contributed by atoms with van der Waals surface area (Å²) in [6.45, 7) is 7.57. The van der Waals surface area contributed by atoms with Gasteiger partial charge < -0.3 is 4.18 Å². The quantitative estimate of drug-likeness (QED) is 0.841. The highest BCUT2D eigenvalue weighted by atomic mass is 32.2. The summed E-state index contributed by atoms with van der Waals surface area (Å²) in [7, 11) is -4.10. The zero-order valence-electron chi connectivity index (χ0n) is 11.5. The molecular weight excluding hydrogens is 266 g/mol. The molecule has 0 amide bonds. The van der Waals surface area contributed by atoms with Gasteiger partial charge in [-0.05, 0) is 35.1 Å². The first kappa shape index (κ1) is 15.7. The normalized spacial score (nSPS) is 11.9. The summed E-state index contributed by atoms with van der Waals surface area (Å²) in [4.78, 5) is 11.0. The molecule has 0 heterocycles. The van der Waals surface area contributed by atoms with E-state index in [1.165, 1.54) is 0 Å². The summed E-state index contributed by atoms with van der Waals surface area (Å²) >= 11 is 0. The second kappa shape index (κ2) is 5.71. The number of hydrogen-bond donors (Lipinski definition) is 1. The van der Waals surface area contributed by atoms with Crippen molar-refractivity contribution in [1.29, 1.82) is 0 Å². The summed E-state index contributed by atoms with van der Waals surface area (Å²) in [5.74, 6) is 0.251. The van der Waals surface area contributed by atoms with Crippen molar-refractivity contribution in [3.63, 3.8) is 0 Å². The van der Waals surface area contributed by atoms with Gasteiger partial charge in [0.2, 0.25) is 0 Å². The summed E-state index contributed by atoms with van der Waals surface area (Å²) < 4.78 is 27.3. The van der Waals surface area contributed by atoms with Crippen molar-refractivity contribution in [1.82, 2.24) is 0 Å². The number of hydrogen-bond acceptors (Lipinski definition) is 4. The van der Waals surface area contributed by atoms with Crippen molar-refractivity contribution in [2.75, 3.05) is 0 Å². The minimum Gasteiger partial charge on any atom is -0.370 e. The Morgan fingerprint density at radius 2 is 1.53 bits per heavy atom. The van der Waals surface area contributed by atoms with Gasteiger partial charge in [0.1, 0.15) is 6.29 Å². The van der Waals surface area contributed by atoms with Crippen LogP contribution >= 0.6 is 0 Å². The number of aldehydes is 1. The van der Waals surface area contributed by atoms with Crippen LogP contribution in [0.2, 0.25) is 0 Å². The maximum absolute atomic E-state index is 11.2. The van der Waals surface area contributed by atoms with Crippen LogP contribution in [0.5, 0.6) is 5.75 Å². The third-order valence-corrected chi connectivity index (χ3v) is 3.15. The Labute approximate surface area is 114 Å². The molecule has 1 rings (SSSR count). The average Bonchev–Trinajstić information content (AvgIpc) is 2.26. The van der Waals surface area contributed by atoms with Crippen molar-refractivity contribution in [3.05, 3.63) is 28.8 Å². The Bertz CT molecular complexity index is 547. The lowest BCUT2D eigenvalue weighted by Gasteiger charge is -2.19.